The molecule has 0 spiro atoms. The summed E-state index contributed by atoms with van der Waals surface area (Å²) in [6.45, 7) is 7.83. The predicted octanol–water partition coefficient (Wildman–Crippen LogP) is 6.73. The number of amides is 1. The summed E-state index contributed by atoms with van der Waals surface area (Å²) in [7, 11) is -2.25. The Morgan fingerprint density at radius 1 is 0.778 bits per heavy atom. The molecule has 6 nitrogen and oxygen atoms in total. The molecular weight excluding hydrogens is 625 g/mol. The Kier molecular flexibility index (Phi) is 11.3. The number of hydrogen-bond donors (Lipinski definition) is 1. The van der Waals surface area contributed by atoms with E-state index < -0.39 is 37.6 Å². The second-order valence-corrected chi connectivity index (χ2v) is 17.1. The molecule has 1 atom stereocenters. The van der Waals surface area contributed by atoms with Gasteiger partial charge in [0.2, 0.25) is 0 Å². The van der Waals surface area contributed by atoms with Crippen LogP contribution in [0.15, 0.2) is 103 Å². The van der Waals surface area contributed by atoms with E-state index in [0.717, 1.165) is 0 Å². The Morgan fingerprint density at radius 2 is 1.31 bits per heavy atom. The van der Waals surface area contributed by atoms with Crippen molar-refractivity contribution in [2.24, 2.45) is 0 Å². The first-order chi connectivity index (χ1) is 21.4. The van der Waals surface area contributed by atoms with Gasteiger partial charge in [-0.05, 0) is 56.6 Å². The summed E-state index contributed by atoms with van der Waals surface area (Å²) in [5.41, 5.74) is 0.537. The van der Waals surface area contributed by atoms with Gasteiger partial charge < -0.3 is 14.8 Å². The molecule has 0 fully saturated rings. The normalized spacial score (nSPS) is 12.2. The largest absolute Gasteiger partial charge is 0.464 e. The highest BCUT2D eigenvalue weighted by molar-refractivity contribution is 7.01. The van der Waals surface area contributed by atoms with Crippen LogP contribution in [0, 0.1) is 0 Å². The summed E-state index contributed by atoms with van der Waals surface area (Å²) in [6, 6.07) is 31.6. The zero-order valence-corrected chi connectivity index (χ0v) is 28.3. The summed E-state index contributed by atoms with van der Waals surface area (Å²) in [5, 5.41) is 5.58. The molecule has 0 saturated carbocycles. The molecule has 4 aromatic rings. The van der Waals surface area contributed by atoms with Crippen LogP contribution in [0.3, 0.4) is 0 Å². The van der Waals surface area contributed by atoms with E-state index in [9.17, 15) is 14.4 Å². The Balaban J connectivity index is 1.54. The Hall–Kier alpha value is -3.91. The lowest BCUT2D eigenvalue weighted by molar-refractivity contribution is -0.145. The van der Waals surface area contributed by atoms with Crippen molar-refractivity contribution in [3.05, 3.63) is 130 Å². The molecule has 0 unspecified atom stereocenters. The minimum Gasteiger partial charge on any atom is -0.464 e. The van der Waals surface area contributed by atoms with Gasteiger partial charge in [0.1, 0.15) is 19.7 Å². The van der Waals surface area contributed by atoms with Crippen molar-refractivity contribution >= 4 is 59.5 Å². The van der Waals surface area contributed by atoms with Crippen molar-refractivity contribution in [2.75, 3.05) is 6.61 Å². The SMILES string of the molecule is CC(C)(C)OC(=O)c1ccc(C[C@H](NC(=O)c2c(Cl)cccc2Cl)C(=O)OCC[Si](C)(c2ccccc2)c2ccccc2)cc1. The van der Waals surface area contributed by atoms with Gasteiger partial charge in [-0.2, -0.15) is 0 Å². The molecule has 0 bridgehead atoms. The van der Waals surface area contributed by atoms with Crippen LogP contribution in [0.4, 0.5) is 0 Å². The van der Waals surface area contributed by atoms with Gasteiger partial charge in [0, 0.05) is 6.42 Å². The van der Waals surface area contributed by atoms with Gasteiger partial charge in [0.05, 0.1) is 27.8 Å². The summed E-state index contributed by atoms with van der Waals surface area (Å²) in [4.78, 5) is 39.4. The van der Waals surface area contributed by atoms with E-state index in [1.807, 2.05) is 36.4 Å². The molecule has 0 saturated heterocycles. The molecule has 0 heterocycles. The number of rotatable bonds is 11. The fraction of sp³-hybridized carbons (Fsp3) is 0.250. The number of halogens is 2. The van der Waals surface area contributed by atoms with Crippen molar-refractivity contribution in [3.63, 3.8) is 0 Å². The fourth-order valence-electron chi connectivity index (χ4n) is 5.01. The number of benzene rings is 4. The summed E-state index contributed by atoms with van der Waals surface area (Å²) in [5.74, 6) is -1.62. The third kappa shape index (κ3) is 9.07. The van der Waals surface area contributed by atoms with Gasteiger partial charge in [-0.15, -0.1) is 0 Å². The highest BCUT2D eigenvalue weighted by Crippen LogP contribution is 2.24. The van der Waals surface area contributed by atoms with E-state index in [4.69, 9.17) is 32.7 Å². The third-order valence-corrected chi connectivity index (χ3v) is 12.5. The quantitative estimate of drug-likeness (QED) is 0.142. The Bertz CT molecular complexity index is 1560. The zero-order valence-electron chi connectivity index (χ0n) is 25.8. The minimum atomic E-state index is -2.25. The molecular formula is C36H37Cl2NO5Si. The molecule has 45 heavy (non-hydrogen) atoms. The second kappa shape index (κ2) is 14.9. The number of ether oxygens (including phenoxy) is 2. The number of hydrogen-bond acceptors (Lipinski definition) is 5. The van der Waals surface area contributed by atoms with Gasteiger partial charge in [-0.1, -0.05) is 119 Å². The first kappa shape index (κ1) is 34.0. The Labute approximate surface area is 275 Å². The van der Waals surface area contributed by atoms with Crippen LogP contribution in [0.1, 0.15) is 47.1 Å². The number of carbonyl (C=O) groups is 3. The van der Waals surface area contributed by atoms with Crippen LogP contribution in [-0.4, -0.2) is 44.2 Å². The monoisotopic (exact) mass is 661 g/mol. The van der Waals surface area contributed by atoms with E-state index >= 15 is 0 Å². The molecule has 0 aromatic heterocycles. The van der Waals surface area contributed by atoms with Gasteiger partial charge in [-0.25, -0.2) is 9.59 Å². The van der Waals surface area contributed by atoms with Crippen LogP contribution < -0.4 is 15.7 Å². The maximum atomic E-state index is 13.6. The minimum absolute atomic E-state index is 0.0760. The molecule has 0 aliphatic heterocycles. The molecule has 4 aromatic carbocycles. The Morgan fingerprint density at radius 3 is 1.82 bits per heavy atom. The first-order valence-electron chi connectivity index (χ1n) is 14.7. The van der Waals surface area contributed by atoms with Crippen molar-refractivity contribution in [1.29, 1.82) is 0 Å². The van der Waals surface area contributed by atoms with Crippen LogP contribution in [0.25, 0.3) is 0 Å². The number of nitrogens with one attached hydrogen (secondary N) is 1. The van der Waals surface area contributed by atoms with Crippen LogP contribution in [0.2, 0.25) is 22.6 Å². The first-order valence-corrected chi connectivity index (χ1v) is 18.2. The van der Waals surface area contributed by atoms with E-state index in [1.165, 1.54) is 10.4 Å². The molecule has 234 valence electrons. The average molecular weight is 663 g/mol. The van der Waals surface area contributed by atoms with Crippen LogP contribution in [0.5, 0.6) is 0 Å². The molecule has 0 aliphatic rings. The number of carbonyl (C=O) groups excluding carboxylic acids is 3. The van der Waals surface area contributed by atoms with E-state index in [-0.39, 0.29) is 28.6 Å². The van der Waals surface area contributed by atoms with E-state index in [1.54, 1.807) is 63.2 Å². The van der Waals surface area contributed by atoms with E-state index in [0.29, 0.717) is 17.2 Å². The smallest absolute Gasteiger partial charge is 0.338 e. The topological polar surface area (TPSA) is 81.7 Å². The average Bonchev–Trinajstić information content (AvgIpc) is 3.01. The van der Waals surface area contributed by atoms with Crippen molar-refractivity contribution in [2.45, 2.75) is 51.4 Å². The van der Waals surface area contributed by atoms with Gasteiger partial charge in [-0.3, -0.25) is 4.79 Å². The summed E-state index contributed by atoms with van der Waals surface area (Å²) < 4.78 is 11.3. The molecule has 1 N–H and O–H groups in total. The number of esters is 2. The molecule has 4 rings (SSSR count). The van der Waals surface area contributed by atoms with Crippen LogP contribution >= 0.6 is 23.2 Å². The van der Waals surface area contributed by atoms with Crippen molar-refractivity contribution < 1.29 is 23.9 Å². The standard InChI is InChI=1S/C36H37Cl2NO5Si/c1-36(2,3)44-34(41)26-20-18-25(19-21-26)24-31(39-33(40)32-29(37)16-11-17-30(32)38)35(42)43-22-23-45(4,27-12-7-5-8-13-27)28-14-9-6-10-15-28/h5-21,31H,22-24H2,1-4H3,(H,39,40)/t31-/m0/s1. The third-order valence-electron chi connectivity index (χ3n) is 7.48. The van der Waals surface area contributed by atoms with Gasteiger partial charge in [0.15, 0.2) is 0 Å². The van der Waals surface area contributed by atoms with E-state index in [2.05, 4.69) is 36.1 Å². The van der Waals surface area contributed by atoms with Crippen LogP contribution in [-0.2, 0) is 20.7 Å². The lowest BCUT2D eigenvalue weighted by atomic mass is 10.0. The summed E-state index contributed by atoms with van der Waals surface area (Å²) >= 11 is 12.6. The zero-order chi connectivity index (χ0) is 32.6. The second-order valence-electron chi connectivity index (χ2n) is 12.0. The molecule has 1 amide bonds. The maximum absolute atomic E-state index is 13.6. The maximum Gasteiger partial charge on any atom is 0.338 e. The fourth-order valence-corrected chi connectivity index (χ4v) is 8.86. The molecule has 9 heteroatoms. The van der Waals surface area contributed by atoms with Gasteiger partial charge >= 0.3 is 11.9 Å². The van der Waals surface area contributed by atoms with Crippen molar-refractivity contribution in [1.82, 2.24) is 5.32 Å². The highest BCUT2D eigenvalue weighted by Gasteiger charge is 2.33. The summed E-state index contributed by atoms with van der Waals surface area (Å²) in [6.07, 6.45) is 0.118. The highest BCUT2D eigenvalue weighted by atomic mass is 35.5. The lowest BCUT2D eigenvalue weighted by Gasteiger charge is -2.29. The molecule has 0 aliphatic carbocycles. The predicted molar refractivity (Wildman–Crippen MR) is 183 cm³/mol. The van der Waals surface area contributed by atoms with Crippen molar-refractivity contribution in [3.8, 4) is 0 Å². The molecule has 0 radical (unpaired) electrons. The van der Waals surface area contributed by atoms with Gasteiger partial charge in [0.25, 0.3) is 5.91 Å². The lowest BCUT2D eigenvalue weighted by Crippen LogP contribution is -2.56.